The number of hydrogen-bond donors (Lipinski definition) is 1. The summed E-state index contributed by atoms with van der Waals surface area (Å²) in [7, 11) is 0. The van der Waals surface area contributed by atoms with Crippen LogP contribution in [0.2, 0.25) is 0 Å². The number of thiazole rings is 1. The Hall–Kier alpha value is -1.20. The number of rotatable bonds is 6. The van der Waals surface area contributed by atoms with E-state index in [1.54, 1.807) is 11.3 Å². The SMILES string of the molecule is CCNCc1cn(Cc2csc(CC)n2)cn1. The van der Waals surface area contributed by atoms with Crippen LogP contribution >= 0.6 is 11.3 Å². The van der Waals surface area contributed by atoms with E-state index in [0.717, 1.165) is 37.4 Å². The molecule has 0 aromatic carbocycles. The van der Waals surface area contributed by atoms with Crippen LogP contribution in [0, 0.1) is 0 Å². The van der Waals surface area contributed by atoms with Crippen molar-refractivity contribution in [3.8, 4) is 0 Å². The Kier molecular flexibility index (Phi) is 4.28. The van der Waals surface area contributed by atoms with Gasteiger partial charge in [0.1, 0.15) is 0 Å². The van der Waals surface area contributed by atoms with E-state index in [4.69, 9.17) is 0 Å². The summed E-state index contributed by atoms with van der Waals surface area (Å²) in [6.07, 6.45) is 4.96. The van der Waals surface area contributed by atoms with E-state index in [1.807, 2.05) is 6.33 Å². The second-order valence-corrected chi connectivity index (χ2v) is 4.85. The highest BCUT2D eigenvalue weighted by Gasteiger charge is 2.03. The molecule has 0 atom stereocenters. The third-order valence-corrected chi connectivity index (χ3v) is 3.53. The lowest BCUT2D eigenvalue weighted by atomic mass is 10.4. The topological polar surface area (TPSA) is 42.7 Å². The molecule has 0 spiro atoms. The quantitative estimate of drug-likeness (QED) is 0.853. The molecule has 2 heterocycles. The molecule has 0 aliphatic heterocycles. The van der Waals surface area contributed by atoms with E-state index >= 15 is 0 Å². The minimum Gasteiger partial charge on any atom is -0.331 e. The molecule has 0 aliphatic carbocycles. The van der Waals surface area contributed by atoms with Crippen LogP contribution < -0.4 is 5.32 Å². The average Bonchev–Trinajstić information content (AvgIpc) is 2.96. The molecule has 0 aliphatic rings. The van der Waals surface area contributed by atoms with Crippen molar-refractivity contribution in [2.75, 3.05) is 6.54 Å². The van der Waals surface area contributed by atoms with Gasteiger partial charge in [0.25, 0.3) is 0 Å². The highest BCUT2D eigenvalue weighted by molar-refractivity contribution is 7.09. The van der Waals surface area contributed by atoms with Crippen molar-refractivity contribution < 1.29 is 0 Å². The van der Waals surface area contributed by atoms with Gasteiger partial charge in [-0.25, -0.2) is 9.97 Å². The van der Waals surface area contributed by atoms with Crippen LogP contribution in [0.25, 0.3) is 0 Å². The standard InChI is InChI=1S/C12H18N4S/c1-3-12-15-11(8-17-12)7-16-6-10(14-9-16)5-13-4-2/h6,8-9,13H,3-5,7H2,1-2H3. The molecular weight excluding hydrogens is 232 g/mol. The van der Waals surface area contributed by atoms with Crippen LogP contribution in [0.15, 0.2) is 17.9 Å². The van der Waals surface area contributed by atoms with Crippen LogP contribution in [0.5, 0.6) is 0 Å². The fourth-order valence-corrected chi connectivity index (χ4v) is 2.34. The van der Waals surface area contributed by atoms with Gasteiger partial charge in [0.2, 0.25) is 0 Å². The Balaban J connectivity index is 1.96. The zero-order valence-electron chi connectivity index (χ0n) is 10.3. The predicted octanol–water partition coefficient (Wildman–Crippen LogP) is 2.06. The molecule has 0 fully saturated rings. The van der Waals surface area contributed by atoms with Gasteiger partial charge in [-0.2, -0.15) is 0 Å². The van der Waals surface area contributed by atoms with Gasteiger partial charge in [-0.3, -0.25) is 0 Å². The van der Waals surface area contributed by atoms with Crippen molar-refractivity contribution in [3.63, 3.8) is 0 Å². The van der Waals surface area contributed by atoms with Crippen molar-refractivity contribution in [3.05, 3.63) is 34.3 Å². The smallest absolute Gasteiger partial charge is 0.0953 e. The Labute approximate surface area is 106 Å². The molecule has 0 saturated carbocycles. The van der Waals surface area contributed by atoms with Crippen molar-refractivity contribution in [1.29, 1.82) is 0 Å². The average molecular weight is 250 g/mol. The Morgan fingerprint density at radius 3 is 2.94 bits per heavy atom. The maximum Gasteiger partial charge on any atom is 0.0953 e. The van der Waals surface area contributed by atoms with Crippen molar-refractivity contribution >= 4 is 11.3 Å². The summed E-state index contributed by atoms with van der Waals surface area (Å²) in [6.45, 7) is 6.85. The molecule has 4 nitrogen and oxygen atoms in total. The van der Waals surface area contributed by atoms with Crippen LogP contribution in [-0.2, 0) is 19.5 Å². The first-order chi connectivity index (χ1) is 8.31. The summed E-state index contributed by atoms with van der Waals surface area (Å²) >= 11 is 1.73. The third kappa shape index (κ3) is 3.38. The molecule has 2 aromatic rings. The lowest BCUT2D eigenvalue weighted by molar-refractivity contribution is 0.711. The zero-order chi connectivity index (χ0) is 12.1. The van der Waals surface area contributed by atoms with Crippen molar-refractivity contribution in [1.82, 2.24) is 19.9 Å². The molecule has 0 saturated heterocycles. The molecule has 17 heavy (non-hydrogen) atoms. The fraction of sp³-hybridized carbons (Fsp3) is 0.500. The first kappa shape index (κ1) is 12.3. The first-order valence-electron chi connectivity index (χ1n) is 5.96. The number of nitrogens with zero attached hydrogens (tertiary/aromatic N) is 3. The molecule has 0 radical (unpaired) electrons. The number of aromatic nitrogens is 3. The molecular formula is C12H18N4S. The minimum atomic E-state index is 0.815. The largest absolute Gasteiger partial charge is 0.331 e. The highest BCUT2D eigenvalue weighted by Crippen LogP contribution is 2.11. The summed E-state index contributed by atoms with van der Waals surface area (Å²) in [5, 5.41) is 6.60. The second-order valence-electron chi connectivity index (χ2n) is 3.90. The summed E-state index contributed by atoms with van der Waals surface area (Å²) in [4.78, 5) is 8.90. The van der Waals surface area contributed by atoms with E-state index in [-0.39, 0.29) is 0 Å². The van der Waals surface area contributed by atoms with Gasteiger partial charge in [-0.15, -0.1) is 11.3 Å². The summed E-state index contributed by atoms with van der Waals surface area (Å²) < 4.78 is 2.08. The second kappa shape index (κ2) is 5.93. The van der Waals surface area contributed by atoms with E-state index < -0.39 is 0 Å². The van der Waals surface area contributed by atoms with E-state index in [0.29, 0.717) is 0 Å². The van der Waals surface area contributed by atoms with Gasteiger partial charge in [-0.1, -0.05) is 13.8 Å². The normalized spacial score (nSPS) is 10.9. The predicted molar refractivity (Wildman–Crippen MR) is 70.2 cm³/mol. The molecule has 92 valence electrons. The Morgan fingerprint density at radius 2 is 2.24 bits per heavy atom. The molecule has 2 aromatic heterocycles. The first-order valence-corrected chi connectivity index (χ1v) is 6.84. The molecule has 0 amide bonds. The van der Waals surface area contributed by atoms with Gasteiger partial charge in [0.05, 0.1) is 29.3 Å². The number of nitrogens with one attached hydrogen (secondary N) is 1. The minimum absolute atomic E-state index is 0.815. The summed E-state index contributed by atoms with van der Waals surface area (Å²) in [5.74, 6) is 0. The van der Waals surface area contributed by atoms with Crippen molar-refractivity contribution in [2.24, 2.45) is 0 Å². The van der Waals surface area contributed by atoms with Crippen LogP contribution in [0.4, 0.5) is 0 Å². The van der Waals surface area contributed by atoms with Gasteiger partial charge < -0.3 is 9.88 Å². The van der Waals surface area contributed by atoms with Gasteiger partial charge >= 0.3 is 0 Å². The third-order valence-electron chi connectivity index (χ3n) is 2.49. The maximum absolute atomic E-state index is 4.55. The van der Waals surface area contributed by atoms with E-state index in [9.17, 15) is 0 Å². The van der Waals surface area contributed by atoms with Crippen molar-refractivity contribution in [2.45, 2.75) is 33.4 Å². The highest BCUT2D eigenvalue weighted by atomic mass is 32.1. The van der Waals surface area contributed by atoms with Gasteiger partial charge in [0.15, 0.2) is 0 Å². The number of aryl methyl sites for hydroxylation is 1. The summed E-state index contributed by atoms with van der Waals surface area (Å²) in [5.41, 5.74) is 2.21. The Bertz CT molecular complexity index is 461. The van der Waals surface area contributed by atoms with Crippen LogP contribution in [0.3, 0.4) is 0 Å². The number of imidazole rings is 1. The lowest BCUT2D eigenvalue weighted by Crippen LogP contribution is -2.11. The molecule has 1 N–H and O–H groups in total. The zero-order valence-corrected chi connectivity index (χ0v) is 11.1. The monoisotopic (exact) mass is 250 g/mol. The fourth-order valence-electron chi connectivity index (χ4n) is 1.61. The van der Waals surface area contributed by atoms with Gasteiger partial charge in [0, 0.05) is 18.1 Å². The number of hydrogen-bond acceptors (Lipinski definition) is 4. The van der Waals surface area contributed by atoms with Crippen LogP contribution in [0.1, 0.15) is 30.2 Å². The Morgan fingerprint density at radius 1 is 1.35 bits per heavy atom. The molecule has 2 rings (SSSR count). The van der Waals surface area contributed by atoms with E-state index in [1.165, 1.54) is 5.01 Å². The van der Waals surface area contributed by atoms with E-state index in [2.05, 4.69) is 45.3 Å². The van der Waals surface area contributed by atoms with Gasteiger partial charge in [-0.05, 0) is 13.0 Å². The molecule has 0 bridgehead atoms. The lowest BCUT2D eigenvalue weighted by Gasteiger charge is -1.98. The maximum atomic E-state index is 4.55. The summed E-state index contributed by atoms with van der Waals surface area (Å²) in [6, 6.07) is 0. The molecule has 5 heteroatoms. The van der Waals surface area contributed by atoms with Crippen LogP contribution in [-0.4, -0.2) is 21.1 Å². The molecule has 0 unspecified atom stereocenters.